The summed E-state index contributed by atoms with van der Waals surface area (Å²) in [5.41, 5.74) is 0.587. The van der Waals surface area contributed by atoms with Crippen molar-refractivity contribution in [3.63, 3.8) is 0 Å². The lowest BCUT2D eigenvalue weighted by molar-refractivity contribution is -0.142. The lowest BCUT2D eigenvalue weighted by Crippen LogP contribution is -2.34. The van der Waals surface area contributed by atoms with Crippen molar-refractivity contribution in [2.24, 2.45) is 5.92 Å². The molecule has 5 heteroatoms. The Kier molecular flexibility index (Phi) is 5.75. The largest absolute Gasteiger partial charge is 0.479 e. The smallest absolute Gasteiger partial charge is 0.330 e. The summed E-state index contributed by atoms with van der Waals surface area (Å²) in [7, 11) is 0. The van der Waals surface area contributed by atoms with Gasteiger partial charge in [-0.2, -0.15) is 0 Å². The molecular formula is C16H21NO4. The minimum Gasteiger partial charge on any atom is -0.479 e. The van der Waals surface area contributed by atoms with Crippen molar-refractivity contribution in [2.45, 2.75) is 31.7 Å². The molecule has 1 saturated heterocycles. The van der Waals surface area contributed by atoms with E-state index in [-0.39, 0.29) is 5.91 Å². The molecule has 0 saturated carbocycles. The van der Waals surface area contributed by atoms with Crippen LogP contribution in [0.5, 0.6) is 0 Å². The third kappa shape index (κ3) is 4.86. The van der Waals surface area contributed by atoms with Crippen molar-refractivity contribution in [3.8, 4) is 0 Å². The number of aliphatic carboxylic acids is 1. The monoisotopic (exact) mass is 291 g/mol. The number of carboxylic acid groups (broad SMARTS) is 1. The van der Waals surface area contributed by atoms with Crippen LogP contribution in [0, 0.1) is 5.92 Å². The summed E-state index contributed by atoms with van der Waals surface area (Å²) >= 11 is 0. The third-order valence-corrected chi connectivity index (χ3v) is 3.81. The highest BCUT2D eigenvalue weighted by Gasteiger charge is 2.22. The van der Waals surface area contributed by atoms with Crippen LogP contribution in [0.25, 0.3) is 0 Å². The standard InChI is InChI=1S/C16H21NO4/c18-14(7-6-12-8-10-21-11-9-12)17-15(16(19)20)13-4-2-1-3-5-13/h1-5,12,15H,6-11H2,(H,17,18)(H,19,20)/t15-/m0/s1. The number of benzene rings is 1. The van der Waals surface area contributed by atoms with E-state index in [1.807, 2.05) is 6.07 Å². The van der Waals surface area contributed by atoms with Crippen LogP contribution in [0.1, 0.15) is 37.3 Å². The predicted octanol–water partition coefficient (Wildman–Crippen LogP) is 2.14. The molecule has 1 aromatic carbocycles. The Morgan fingerprint density at radius 1 is 1.24 bits per heavy atom. The van der Waals surface area contributed by atoms with E-state index in [1.54, 1.807) is 24.3 Å². The molecule has 2 N–H and O–H groups in total. The fourth-order valence-corrected chi connectivity index (χ4v) is 2.54. The Balaban J connectivity index is 1.85. The van der Waals surface area contributed by atoms with Gasteiger partial charge in [0.25, 0.3) is 0 Å². The molecule has 1 aliphatic heterocycles. The Labute approximate surface area is 124 Å². The number of ether oxygens (including phenoxy) is 1. The second-order valence-electron chi connectivity index (χ2n) is 5.34. The van der Waals surface area contributed by atoms with Crippen LogP contribution < -0.4 is 5.32 Å². The Morgan fingerprint density at radius 2 is 1.90 bits per heavy atom. The number of rotatable bonds is 6. The number of amides is 1. The van der Waals surface area contributed by atoms with E-state index in [9.17, 15) is 14.7 Å². The average molecular weight is 291 g/mol. The molecule has 5 nitrogen and oxygen atoms in total. The summed E-state index contributed by atoms with van der Waals surface area (Å²) in [5.74, 6) is -0.747. The van der Waals surface area contributed by atoms with Crippen molar-refractivity contribution in [3.05, 3.63) is 35.9 Å². The molecule has 0 bridgehead atoms. The van der Waals surface area contributed by atoms with E-state index in [4.69, 9.17) is 4.74 Å². The van der Waals surface area contributed by atoms with E-state index >= 15 is 0 Å². The maximum Gasteiger partial charge on any atom is 0.330 e. The first kappa shape index (κ1) is 15.5. The molecule has 1 atom stereocenters. The van der Waals surface area contributed by atoms with Crippen molar-refractivity contribution in [1.29, 1.82) is 0 Å². The van der Waals surface area contributed by atoms with Gasteiger partial charge in [-0.1, -0.05) is 30.3 Å². The molecule has 1 fully saturated rings. The lowest BCUT2D eigenvalue weighted by Gasteiger charge is -2.22. The minimum atomic E-state index is -1.04. The summed E-state index contributed by atoms with van der Waals surface area (Å²) in [6, 6.07) is 7.78. The molecule has 21 heavy (non-hydrogen) atoms. The number of carbonyl (C=O) groups is 2. The van der Waals surface area contributed by atoms with Gasteiger partial charge in [-0.25, -0.2) is 4.79 Å². The zero-order chi connectivity index (χ0) is 15.1. The van der Waals surface area contributed by atoms with Gasteiger partial charge in [-0.05, 0) is 30.7 Å². The zero-order valence-electron chi connectivity index (χ0n) is 12.0. The normalized spacial score (nSPS) is 17.1. The fourth-order valence-electron chi connectivity index (χ4n) is 2.54. The SMILES string of the molecule is O=C(CCC1CCOCC1)N[C@H](C(=O)O)c1ccccc1. The molecule has 1 amide bonds. The highest BCUT2D eigenvalue weighted by molar-refractivity contribution is 5.84. The zero-order valence-corrected chi connectivity index (χ0v) is 12.0. The molecule has 114 valence electrons. The number of nitrogens with one attached hydrogen (secondary N) is 1. The number of carbonyl (C=O) groups excluding carboxylic acids is 1. The molecule has 1 heterocycles. The lowest BCUT2D eigenvalue weighted by atomic mass is 9.94. The van der Waals surface area contributed by atoms with Gasteiger partial charge < -0.3 is 15.2 Å². The maximum absolute atomic E-state index is 12.0. The van der Waals surface area contributed by atoms with Crippen molar-refractivity contribution in [2.75, 3.05) is 13.2 Å². The minimum absolute atomic E-state index is 0.210. The average Bonchev–Trinajstić information content (AvgIpc) is 2.52. The van der Waals surface area contributed by atoms with E-state index < -0.39 is 12.0 Å². The molecule has 0 radical (unpaired) electrons. The molecule has 0 spiro atoms. The van der Waals surface area contributed by atoms with E-state index in [0.717, 1.165) is 32.5 Å². The third-order valence-electron chi connectivity index (χ3n) is 3.81. The highest BCUT2D eigenvalue weighted by Crippen LogP contribution is 2.20. The van der Waals surface area contributed by atoms with Crippen LogP contribution in [-0.2, 0) is 14.3 Å². The Hall–Kier alpha value is -1.88. The van der Waals surface area contributed by atoms with Gasteiger partial charge in [-0.15, -0.1) is 0 Å². The van der Waals surface area contributed by atoms with Crippen LogP contribution in [0.15, 0.2) is 30.3 Å². The van der Waals surface area contributed by atoms with Crippen molar-refractivity contribution >= 4 is 11.9 Å². The van der Waals surface area contributed by atoms with Crippen molar-refractivity contribution < 1.29 is 19.4 Å². The topological polar surface area (TPSA) is 75.6 Å². The quantitative estimate of drug-likeness (QED) is 0.842. The Bertz CT molecular complexity index is 468. The van der Waals surface area contributed by atoms with E-state index in [2.05, 4.69) is 5.32 Å². The van der Waals surface area contributed by atoms with Crippen LogP contribution in [0.3, 0.4) is 0 Å². The van der Waals surface area contributed by atoms with Gasteiger partial charge >= 0.3 is 5.97 Å². The second-order valence-corrected chi connectivity index (χ2v) is 5.34. The summed E-state index contributed by atoms with van der Waals surface area (Å²) < 4.78 is 5.28. The molecule has 0 aliphatic carbocycles. The first-order chi connectivity index (χ1) is 10.2. The first-order valence-corrected chi connectivity index (χ1v) is 7.31. The van der Waals surface area contributed by atoms with Crippen LogP contribution in [0.4, 0.5) is 0 Å². The van der Waals surface area contributed by atoms with Gasteiger partial charge in [0, 0.05) is 19.6 Å². The second kappa shape index (κ2) is 7.78. The molecule has 0 unspecified atom stereocenters. The van der Waals surface area contributed by atoms with Gasteiger partial charge in [0.15, 0.2) is 6.04 Å². The van der Waals surface area contributed by atoms with Crippen molar-refractivity contribution in [1.82, 2.24) is 5.32 Å². The summed E-state index contributed by atoms with van der Waals surface area (Å²) in [5, 5.41) is 11.9. The highest BCUT2D eigenvalue weighted by atomic mass is 16.5. The fraction of sp³-hybridized carbons (Fsp3) is 0.500. The summed E-state index contributed by atoms with van der Waals surface area (Å²) in [6.07, 6.45) is 3.11. The number of hydrogen-bond acceptors (Lipinski definition) is 3. The van der Waals surface area contributed by atoms with Crippen LogP contribution in [-0.4, -0.2) is 30.2 Å². The Morgan fingerprint density at radius 3 is 2.52 bits per heavy atom. The van der Waals surface area contributed by atoms with Gasteiger partial charge in [0.05, 0.1) is 0 Å². The van der Waals surface area contributed by atoms with Gasteiger partial charge in [0.2, 0.25) is 5.91 Å². The number of hydrogen-bond donors (Lipinski definition) is 2. The molecule has 0 aromatic heterocycles. The number of carboxylic acids is 1. The van der Waals surface area contributed by atoms with E-state index in [0.29, 0.717) is 17.9 Å². The molecule has 1 aliphatic rings. The summed E-state index contributed by atoms with van der Waals surface area (Å²) in [4.78, 5) is 23.3. The van der Waals surface area contributed by atoms with E-state index in [1.165, 1.54) is 0 Å². The molecular weight excluding hydrogens is 270 g/mol. The summed E-state index contributed by atoms with van der Waals surface area (Å²) in [6.45, 7) is 1.52. The molecule has 1 aromatic rings. The molecule has 2 rings (SSSR count). The van der Waals surface area contributed by atoms with Crippen LogP contribution >= 0.6 is 0 Å². The maximum atomic E-state index is 12.0. The van der Waals surface area contributed by atoms with Gasteiger partial charge in [0.1, 0.15) is 0 Å². The van der Waals surface area contributed by atoms with Crippen LogP contribution in [0.2, 0.25) is 0 Å². The van der Waals surface area contributed by atoms with Gasteiger partial charge in [-0.3, -0.25) is 4.79 Å². The predicted molar refractivity (Wildman–Crippen MR) is 77.7 cm³/mol. The first-order valence-electron chi connectivity index (χ1n) is 7.31.